The monoisotopic (exact) mass is 359 g/mol. The average Bonchev–Trinajstić information content (AvgIpc) is 2.61. The molecule has 2 aromatic carbocycles. The van der Waals surface area contributed by atoms with Crippen LogP contribution in [0.3, 0.4) is 0 Å². The van der Waals surface area contributed by atoms with E-state index in [4.69, 9.17) is 4.42 Å². The summed E-state index contributed by atoms with van der Waals surface area (Å²) in [5.74, 6) is -0.549. The zero-order valence-corrected chi connectivity index (χ0v) is 13.9. The van der Waals surface area contributed by atoms with Crippen LogP contribution in [0.1, 0.15) is 12.0 Å². The summed E-state index contributed by atoms with van der Waals surface area (Å²) in [6.45, 7) is 0.220. The summed E-state index contributed by atoms with van der Waals surface area (Å²) in [5.41, 5.74) is 0.599. The summed E-state index contributed by atoms with van der Waals surface area (Å²) in [6.07, 6.45) is 1.26. The first-order valence-electron chi connectivity index (χ1n) is 7.81. The van der Waals surface area contributed by atoms with Gasteiger partial charge in [0.05, 0.1) is 10.6 Å². The highest BCUT2D eigenvalue weighted by atomic mass is 32.2. The highest BCUT2D eigenvalue weighted by Gasteiger charge is 2.31. The van der Waals surface area contributed by atoms with Gasteiger partial charge in [-0.25, -0.2) is 17.6 Å². The van der Waals surface area contributed by atoms with E-state index in [-0.39, 0.29) is 17.1 Å². The van der Waals surface area contributed by atoms with E-state index in [1.165, 1.54) is 36.4 Å². The lowest BCUT2D eigenvalue weighted by molar-refractivity contribution is 0.560. The van der Waals surface area contributed by atoms with Gasteiger partial charge >= 0.3 is 5.63 Å². The molecule has 0 N–H and O–H groups in total. The fourth-order valence-corrected chi connectivity index (χ4v) is 4.73. The number of fused-ring (bicyclic) bond motifs is 2. The van der Waals surface area contributed by atoms with Crippen LogP contribution in [-0.4, -0.2) is 15.0 Å². The predicted molar refractivity (Wildman–Crippen MR) is 91.7 cm³/mol. The fraction of sp³-hybridized carbons (Fsp3) is 0.167. The topological polar surface area (TPSA) is 67.6 Å². The molecule has 128 valence electrons. The lowest BCUT2D eigenvalue weighted by Gasteiger charge is -2.30. The van der Waals surface area contributed by atoms with Gasteiger partial charge in [-0.1, -0.05) is 12.1 Å². The number of nitrogens with zero attached hydrogens (tertiary/aromatic N) is 1. The second-order valence-corrected chi connectivity index (χ2v) is 7.74. The Bertz CT molecular complexity index is 1140. The lowest BCUT2D eigenvalue weighted by Crippen LogP contribution is -2.36. The summed E-state index contributed by atoms with van der Waals surface area (Å²) >= 11 is 0. The van der Waals surface area contributed by atoms with Crippen molar-refractivity contribution in [2.45, 2.75) is 17.7 Å². The molecule has 0 atom stereocenters. The summed E-state index contributed by atoms with van der Waals surface area (Å²) in [6, 6.07) is 11.6. The molecule has 0 radical (unpaired) electrons. The molecule has 5 nitrogen and oxygen atoms in total. The number of rotatable bonds is 2. The zero-order valence-electron chi connectivity index (χ0n) is 13.1. The molecular formula is C18H14FNO4S. The molecule has 7 heteroatoms. The Balaban J connectivity index is 1.86. The van der Waals surface area contributed by atoms with E-state index in [1.807, 2.05) is 0 Å². The maximum absolute atomic E-state index is 14.3. The number of benzene rings is 2. The van der Waals surface area contributed by atoms with E-state index >= 15 is 0 Å². The van der Waals surface area contributed by atoms with E-state index in [0.29, 0.717) is 29.4 Å². The Kier molecular flexibility index (Phi) is 3.61. The van der Waals surface area contributed by atoms with Crippen molar-refractivity contribution in [3.63, 3.8) is 0 Å². The van der Waals surface area contributed by atoms with Gasteiger partial charge in [-0.3, -0.25) is 4.31 Å². The van der Waals surface area contributed by atoms with Crippen LogP contribution in [0.4, 0.5) is 10.1 Å². The number of sulfonamides is 1. The highest BCUT2D eigenvalue weighted by molar-refractivity contribution is 7.92. The SMILES string of the molecule is O=c1ccc2cc(S(=O)(=O)N3CCCc4cccc(F)c43)ccc2o1. The predicted octanol–water partition coefficient (Wildman–Crippen LogP) is 3.07. The van der Waals surface area contributed by atoms with Crippen molar-refractivity contribution in [2.75, 3.05) is 10.8 Å². The van der Waals surface area contributed by atoms with E-state index in [0.717, 1.165) is 4.31 Å². The van der Waals surface area contributed by atoms with Crippen LogP contribution in [0.5, 0.6) is 0 Å². The Morgan fingerprint density at radius 1 is 1.08 bits per heavy atom. The van der Waals surface area contributed by atoms with Gasteiger partial charge in [0, 0.05) is 18.0 Å². The zero-order chi connectivity index (χ0) is 17.6. The number of anilines is 1. The molecule has 4 rings (SSSR count). The van der Waals surface area contributed by atoms with Crippen molar-refractivity contribution in [1.29, 1.82) is 0 Å². The van der Waals surface area contributed by atoms with E-state index < -0.39 is 21.5 Å². The molecular weight excluding hydrogens is 345 g/mol. The minimum Gasteiger partial charge on any atom is -0.423 e. The average molecular weight is 359 g/mol. The number of halogens is 1. The Morgan fingerprint density at radius 3 is 2.76 bits per heavy atom. The maximum Gasteiger partial charge on any atom is 0.336 e. The van der Waals surface area contributed by atoms with E-state index in [9.17, 15) is 17.6 Å². The molecule has 0 unspecified atom stereocenters. The molecule has 0 spiro atoms. The van der Waals surface area contributed by atoms with Crippen molar-refractivity contribution in [1.82, 2.24) is 0 Å². The summed E-state index contributed by atoms with van der Waals surface area (Å²) in [7, 11) is -3.93. The van der Waals surface area contributed by atoms with Gasteiger partial charge in [-0.15, -0.1) is 0 Å². The Morgan fingerprint density at radius 2 is 1.92 bits per heavy atom. The van der Waals surface area contributed by atoms with Gasteiger partial charge in [0.1, 0.15) is 11.4 Å². The van der Waals surface area contributed by atoms with E-state index in [1.54, 1.807) is 12.1 Å². The van der Waals surface area contributed by atoms with Gasteiger partial charge in [0.15, 0.2) is 0 Å². The minimum absolute atomic E-state index is 0.0324. The van der Waals surface area contributed by atoms with Crippen LogP contribution in [0.25, 0.3) is 11.0 Å². The van der Waals surface area contributed by atoms with Crippen LogP contribution in [-0.2, 0) is 16.4 Å². The Hall–Kier alpha value is -2.67. The first-order chi connectivity index (χ1) is 12.0. The largest absolute Gasteiger partial charge is 0.423 e. The highest BCUT2D eigenvalue weighted by Crippen LogP contribution is 2.34. The number of hydrogen-bond donors (Lipinski definition) is 0. The molecule has 1 aliphatic heterocycles. The van der Waals surface area contributed by atoms with Crippen LogP contribution < -0.4 is 9.93 Å². The molecule has 25 heavy (non-hydrogen) atoms. The first-order valence-corrected chi connectivity index (χ1v) is 9.25. The van der Waals surface area contributed by atoms with Gasteiger partial charge in [-0.2, -0.15) is 0 Å². The molecule has 0 fully saturated rings. The third-order valence-corrected chi connectivity index (χ3v) is 6.10. The fourth-order valence-electron chi connectivity index (χ4n) is 3.14. The normalized spacial score (nSPS) is 14.5. The molecule has 0 amide bonds. The summed E-state index contributed by atoms with van der Waals surface area (Å²) < 4.78 is 46.6. The minimum atomic E-state index is -3.93. The van der Waals surface area contributed by atoms with Gasteiger partial charge in [-0.05, 0) is 48.7 Å². The van der Waals surface area contributed by atoms with Crippen molar-refractivity contribution >= 4 is 26.7 Å². The smallest absolute Gasteiger partial charge is 0.336 e. The van der Waals surface area contributed by atoms with Gasteiger partial charge in [0.25, 0.3) is 10.0 Å². The number of aryl methyl sites for hydroxylation is 1. The standard InChI is InChI=1S/C18H14FNO4S/c19-15-5-1-3-12-4-2-10-20(18(12)15)25(22,23)14-7-8-16-13(11-14)6-9-17(21)24-16/h1,3,5-9,11H,2,4,10H2. The molecule has 1 aliphatic rings. The third-order valence-electron chi connectivity index (χ3n) is 4.31. The van der Waals surface area contributed by atoms with Crippen LogP contribution in [0.2, 0.25) is 0 Å². The second kappa shape index (κ2) is 5.70. The van der Waals surface area contributed by atoms with Crippen molar-refractivity contribution in [2.24, 2.45) is 0 Å². The third kappa shape index (κ3) is 2.60. The molecule has 2 heterocycles. The quantitative estimate of drug-likeness (QED) is 0.660. The molecule has 0 saturated heterocycles. The molecule has 1 aromatic heterocycles. The summed E-state index contributed by atoms with van der Waals surface area (Å²) in [5, 5.41) is 0.492. The van der Waals surface area contributed by atoms with E-state index in [2.05, 4.69) is 0 Å². The maximum atomic E-state index is 14.3. The number of hydrogen-bond acceptors (Lipinski definition) is 4. The molecule has 0 saturated carbocycles. The van der Waals surface area contributed by atoms with Crippen molar-refractivity contribution in [3.05, 3.63) is 70.3 Å². The molecule has 0 bridgehead atoms. The molecule has 3 aromatic rings. The molecule has 0 aliphatic carbocycles. The second-order valence-electron chi connectivity index (χ2n) is 5.88. The summed E-state index contributed by atoms with van der Waals surface area (Å²) in [4.78, 5) is 11.3. The van der Waals surface area contributed by atoms with Crippen molar-refractivity contribution in [3.8, 4) is 0 Å². The first kappa shape index (κ1) is 15.8. The van der Waals surface area contributed by atoms with Crippen LogP contribution in [0.15, 0.2) is 62.6 Å². The Labute approximate surface area is 143 Å². The number of para-hydroxylation sites is 1. The lowest BCUT2D eigenvalue weighted by atomic mass is 10.0. The van der Waals surface area contributed by atoms with Gasteiger partial charge < -0.3 is 4.42 Å². The van der Waals surface area contributed by atoms with Gasteiger partial charge in [0.2, 0.25) is 0 Å². The van der Waals surface area contributed by atoms with Crippen LogP contribution in [0, 0.1) is 5.82 Å². The van der Waals surface area contributed by atoms with Crippen LogP contribution >= 0.6 is 0 Å². The van der Waals surface area contributed by atoms with Crippen molar-refractivity contribution < 1.29 is 17.2 Å².